The molecule has 1 N–H and O–H groups in total. The van der Waals surface area contributed by atoms with Crippen LogP contribution in [-0.2, 0) is 11.3 Å². The number of aromatic nitrogens is 1. The van der Waals surface area contributed by atoms with Crippen molar-refractivity contribution in [1.29, 1.82) is 0 Å². The molecule has 0 radical (unpaired) electrons. The number of furan rings is 1. The molecule has 0 spiro atoms. The van der Waals surface area contributed by atoms with Crippen molar-refractivity contribution in [2.24, 2.45) is 0 Å². The Hall–Kier alpha value is -2.08. The van der Waals surface area contributed by atoms with Crippen LogP contribution < -0.4 is 5.32 Å². The van der Waals surface area contributed by atoms with Gasteiger partial charge in [0.05, 0.1) is 18.5 Å². The molecule has 2 aromatic heterocycles. The second-order valence-electron chi connectivity index (χ2n) is 5.17. The Morgan fingerprint density at radius 1 is 1.50 bits per heavy atom. The monoisotopic (exact) mass is 275 g/mol. The Morgan fingerprint density at radius 2 is 2.35 bits per heavy atom. The van der Waals surface area contributed by atoms with Crippen LogP contribution in [0.3, 0.4) is 0 Å². The molecule has 1 aliphatic rings. The van der Waals surface area contributed by atoms with Crippen molar-refractivity contribution in [3.8, 4) is 11.5 Å². The van der Waals surface area contributed by atoms with Crippen molar-refractivity contribution in [3.05, 3.63) is 30.2 Å². The molecule has 20 heavy (non-hydrogen) atoms. The van der Waals surface area contributed by atoms with E-state index < -0.39 is 0 Å². The van der Waals surface area contributed by atoms with Crippen LogP contribution in [0.25, 0.3) is 11.5 Å². The maximum absolute atomic E-state index is 11.7. The summed E-state index contributed by atoms with van der Waals surface area (Å²) in [6.07, 6.45) is 3.79. The molecule has 106 valence electrons. The Labute approximate surface area is 116 Å². The fraction of sp³-hybridized carbons (Fsp3) is 0.429. The first kappa shape index (κ1) is 12.9. The molecular weight excluding hydrogens is 258 g/mol. The van der Waals surface area contributed by atoms with Gasteiger partial charge in [-0.2, -0.15) is 0 Å². The van der Waals surface area contributed by atoms with Crippen LogP contribution in [0.5, 0.6) is 0 Å². The van der Waals surface area contributed by atoms with Crippen LogP contribution in [0, 0.1) is 0 Å². The van der Waals surface area contributed by atoms with Gasteiger partial charge in [-0.3, -0.25) is 9.69 Å². The summed E-state index contributed by atoms with van der Waals surface area (Å²) >= 11 is 0. The zero-order chi connectivity index (χ0) is 13.9. The van der Waals surface area contributed by atoms with Crippen LogP contribution in [-0.4, -0.2) is 35.6 Å². The first-order valence-corrected chi connectivity index (χ1v) is 6.68. The Kier molecular flexibility index (Phi) is 3.56. The van der Waals surface area contributed by atoms with Gasteiger partial charge in [0.2, 0.25) is 11.7 Å². The fourth-order valence-corrected chi connectivity index (χ4v) is 2.00. The van der Waals surface area contributed by atoms with Crippen LogP contribution in [0.15, 0.2) is 33.4 Å². The van der Waals surface area contributed by atoms with E-state index in [1.807, 2.05) is 24.1 Å². The third-order valence-electron chi connectivity index (χ3n) is 3.11. The van der Waals surface area contributed by atoms with E-state index in [4.69, 9.17) is 8.94 Å². The lowest BCUT2D eigenvalue weighted by Gasteiger charge is -2.14. The molecule has 2 heterocycles. The van der Waals surface area contributed by atoms with Gasteiger partial charge in [-0.05, 0) is 32.0 Å². The molecule has 0 unspecified atom stereocenters. The molecule has 0 aliphatic heterocycles. The first-order chi connectivity index (χ1) is 9.70. The van der Waals surface area contributed by atoms with Crippen molar-refractivity contribution in [2.75, 3.05) is 13.6 Å². The van der Waals surface area contributed by atoms with Crippen LogP contribution in [0.1, 0.15) is 18.5 Å². The summed E-state index contributed by atoms with van der Waals surface area (Å²) in [7, 11) is 1.88. The van der Waals surface area contributed by atoms with E-state index in [-0.39, 0.29) is 5.91 Å². The fourth-order valence-electron chi connectivity index (χ4n) is 2.00. The van der Waals surface area contributed by atoms with E-state index >= 15 is 0 Å². The summed E-state index contributed by atoms with van der Waals surface area (Å²) in [5.41, 5.74) is 0.776. The van der Waals surface area contributed by atoms with Crippen molar-refractivity contribution in [2.45, 2.75) is 25.4 Å². The molecule has 1 saturated carbocycles. The average Bonchev–Trinajstić information content (AvgIpc) is 2.92. The summed E-state index contributed by atoms with van der Waals surface area (Å²) in [4.78, 5) is 13.6. The summed E-state index contributed by atoms with van der Waals surface area (Å²) < 4.78 is 10.5. The molecular formula is C14H17N3O3. The van der Waals surface area contributed by atoms with E-state index in [9.17, 15) is 4.79 Å². The van der Waals surface area contributed by atoms with Gasteiger partial charge in [-0.15, -0.1) is 0 Å². The van der Waals surface area contributed by atoms with Gasteiger partial charge in [-0.1, -0.05) is 5.16 Å². The van der Waals surface area contributed by atoms with Gasteiger partial charge in [-0.25, -0.2) is 0 Å². The molecule has 0 atom stereocenters. The quantitative estimate of drug-likeness (QED) is 0.867. The van der Waals surface area contributed by atoms with Gasteiger partial charge < -0.3 is 14.3 Å². The van der Waals surface area contributed by atoms with Crippen molar-refractivity contribution in [3.63, 3.8) is 0 Å². The average molecular weight is 275 g/mol. The number of hydrogen-bond acceptors (Lipinski definition) is 5. The Bertz CT molecular complexity index is 572. The van der Waals surface area contributed by atoms with E-state index in [1.54, 1.807) is 12.3 Å². The molecule has 6 nitrogen and oxygen atoms in total. The number of nitrogens with zero attached hydrogens (tertiary/aromatic N) is 2. The minimum Gasteiger partial charge on any atom is -0.461 e. The second kappa shape index (κ2) is 5.50. The zero-order valence-corrected chi connectivity index (χ0v) is 11.3. The molecule has 6 heteroatoms. The molecule has 1 fully saturated rings. The lowest BCUT2D eigenvalue weighted by Crippen LogP contribution is -2.35. The SMILES string of the molecule is CN(CC(=O)NC1CC1)Cc1cc(-c2ccco2)on1. The van der Waals surface area contributed by atoms with Crippen LogP contribution >= 0.6 is 0 Å². The Morgan fingerprint density at radius 3 is 3.05 bits per heavy atom. The van der Waals surface area contributed by atoms with Crippen molar-refractivity contribution >= 4 is 5.91 Å². The van der Waals surface area contributed by atoms with Gasteiger partial charge in [0.1, 0.15) is 0 Å². The van der Waals surface area contributed by atoms with E-state index in [2.05, 4.69) is 10.5 Å². The smallest absolute Gasteiger partial charge is 0.234 e. The highest BCUT2D eigenvalue weighted by Crippen LogP contribution is 2.21. The molecule has 2 aromatic rings. The van der Waals surface area contributed by atoms with Crippen molar-refractivity contribution in [1.82, 2.24) is 15.4 Å². The highest BCUT2D eigenvalue weighted by molar-refractivity contribution is 5.78. The molecule has 3 rings (SSSR count). The molecule has 0 aromatic carbocycles. The summed E-state index contributed by atoms with van der Waals surface area (Å²) in [5, 5.41) is 6.94. The Balaban J connectivity index is 1.53. The highest BCUT2D eigenvalue weighted by atomic mass is 16.5. The van der Waals surface area contributed by atoms with E-state index in [0.29, 0.717) is 30.7 Å². The number of likely N-dealkylation sites (N-methyl/N-ethyl adjacent to an activating group) is 1. The molecule has 0 bridgehead atoms. The number of nitrogens with one attached hydrogen (secondary N) is 1. The van der Waals surface area contributed by atoms with Crippen LogP contribution in [0.2, 0.25) is 0 Å². The van der Waals surface area contributed by atoms with Crippen LogP contribution in [0.4, 0.5) is 0 Å². The third kappa shape index (κ3) is 3.27. The number of amides is 1. The molecule has 1 amide bonds. The van der Waals surface area contributed by atoms with Crippen molar-refractivity contribution < 1.29 is 13.7 Å². The lowest BCUT2D eigenvalue weighted by atomic mass is 10.3. The van der Waals surface area contributed by atoms with Gasteiger partial charge in [0.15, 0.2) is 5.76 Å². The predicted octanol–water partition coefficient (Wildman–Crippen LogP) is 1.64. The lowest BCUT2D eigenvalue weighted by molar-refractivity contribution is -0.122. The largest absolute Gasteiger partial charge is 0.461 e. The summed E-state index contributed by atoms with van der Waals surface area (Å²) in [6.45, 7) is 0.918. The maximum atomic E-state index is 11.7. The number of carbonyl (C=O) groups is 1. The predicted molar refractivity (Wildman–Crippen MR) is 71.7 cm³/mol. The summed E-state index contributed by atoms with van der Waals surface area (Å²) in [6, 6.07) is 5.84. The highest BCUT2D eigenvalue weighted by Gasteiger charge is 2.23. The third-order valence-corrected chi connectivity index (χ3v) is 3.11. The number of rotatable bonds is 6. The van der Waals surface area contributed by atoms with Gasteiger partial charge in [0, 0.05) is 18.7 Å². The summed E-state index contributed by atoms with van der Waals surface area (Å²) in [5.74, 6) is 1.31. The minimum absolute atomic E-state index is 0.0600. The second-order valence-corrected chi connectivity index (χ2v) is 5.17. The van der Waals surface area contributed by atoms with Gasteiger partial charge in [0.25, 0.3) is 0 Å². The first-order valence-electron chi connectivity index (χ1n) is 6.68. The molecule has 1 aliphatic carbocycles. The topological polar surface area (TPSA) is 71.5 Å². The zero-order valence-electron chi connectivity index (χ0n) is 11.3. The van der Waals surface area contributed by atoms with E-state index in [0.717, 1.165) is 18.5 Å². The normalized spacial score (nSPS) is 14.7. The molecule has 0 saturated heterocycles. The minimum atomic E-state index is 0.0600. The standard InChI is InChI=1S/C14H17N3O3/c1-17(9-14(18)15-10-4-5-10)8-11-7-13(20-16-11)12-3-2-6-19-12/h2-3,6-7,10H,4-5,8-9H2,1H3,(H,15,18). The number of hydrogen-bond donors (Lipinski definition) is 1. The van der Waals surface area contributed by atoms with E-state index in [1.165, 1.54) is 0 Å². The number of carbonyl (C=O) groups excluding carboxylic acids is 1. The maximum Gasteiger partial charge on any atom is 0.234 e. The van der Waals surface area contributed by atoms with Gasteiger partial charge >= 0.3 is 0 Å².